The number of hydrogen-bond donors (Lipinski definition) is 9. The molecule has 4 atom stereocenters. The molecule has 4 rings (SSSR count). The lowest BCUT2D eigenvalue weighted by Crippen LogP contribution is -2.58. The van der Waals surface area contributed by atoms with Gasteiger partial charge in [-0.1, -0.05) is 36.4 Å². The van der Waals surface area contributed by atoms with Gasteiger partial charge in [0, 0.05) is 53.5 Å². The average molecular weight is 606 g/mol. The van der Waals surface area contributed by atoms with Crippen molar-refractivity contribution in [3.05, 3.63) is 72.1 Å². The van der Waals surface area contributed by atoms with Crippen molar-refractivity contribution in [2.45, 2.75) is 49.9 Å². The summed E-state index contributed by atoms with van der Waals surface area (Å²) in [5, 5.41) is 28.0. The van der Waals surface area contributed by atoms with E-state index in [4.69, 9.17) is 11.5 Å². The van der Waals surface area contributed by atoms with Gasteiger partial charge in [0.1, 0.15) is 18.1 Å². The molecular formula is C30H35N7O7. The van der Waals surface area contributed by atoms with E-state index in [2.05, 4.69) is 25.9 Å². The summed E-state index contributed by atoms with van der Waals surface area (Å²) in [5.74, 6) is -4.36. The number of rotatable bonds is 15. The molecule has 0 aliphatic carbocycles. The van der Waals surface area contributed by atoms with Gasteiger partial charge in [-0.25, -0.2) is 4.79 Å². The van der Waals surface area contributed by atoms with Gasteiger partial charge < -0.3 is 47.6 Å². The second-order valence-corrected chi connectivity index (χ2v) is 10.4. The Morgan fingerprint density at radius 2 is 1.18 bits per heavy atom. The number of hydrogen-bond acceptors (Lipinski definition) is 7. The fourth-order valence-electron chi connectivity index (χ4n) is 4.90. The highest BCUT2D eigenvalue weighted by atomic mass is 16.4. The quantitative estimate of drug-likeness (QED) is 0.0857. The van der Waals surface area contributed by atoms with E-state index < -0.39 is 60.4 Å². The van der Waals surface area contributed by atoms with Crippen LogP contribution in [0.2, 0.25) is 0 Å². The average Bonchev–Trinajstić information content (AvgIpc) is 3.61. The van der Waals surface area contributed by atoms with Crippen molar-refractivity contribution >= 4 is 51.4 Å². The second-order valence-electron chi connectivity index (χ2n) is 10.4. The van der Waals surface area contributed by atoms with E-state index in [1.807, 2.05) is 48.5 Å². The number of carboxylic acids is 1. The van der Waals surface area contributed by atoms with Gasteiger partial charge in [-0.3, -0.25) is 19.2 Å². The van der Waals surface area contributed by atoms with E-state index in [1.54, 1.807) is 12.4 Å². The molecule has 4 aromatic rings. The number of nitrogens with one attached hydrogen (secondary N) is 5. The first-order valence-electron chi connectivity index (χ1n) is 14.0. The molecular weight excluding hydrogens is 570 g/mol. The first-order chi connectivity index (χ1) is 21.1. The Kier molecular flexibility index (Phi) is 10.3. The van der Waals surface area contributed by atoms with Crippen LogP contribution < -0.4 is 27.4 Å². The van der Waals surface area contributed by atoms with Crippen molar-refractivity contribution in [1.29, 1.82) is 0 Å². The number of amides is 4. The van der Waals surface area contributed by atoms with E-state index in [1.165, 1.54) is 0 Å². The highest BCUT2D eigenvalue weighted by Gasteiger charge is 2.31. The maximum Gasteiger partial charge on any atom is 0.328 e. The molecule has 2 aromatic heterocycles. The van der Waals surface area contributed by atoms with Crippen LogP contribution in [-0.4, -0.2) is 80.6 Å². The van der Waals surface area contributed by atoms with E-state index in [0.29, 0.717) is 11.1 Å². The Morgan fingerprint density at radius 3 is 1.64 bits per heavy atom. The molecule has 0 aliphatic heterocycles. The standard InChI is InChI=1S/C30H35N7O7/c31-20(9-10-26(32)39)27(40)35-23(11-16-13-33-21-7-3-1-5-18(16)21)28(41)36-24(29(42)37-25(15-38)30(43)44)12-17-14-34-22-8-4-2-6-19(17)22/h1-8,13-14,20,23-25,33-34,38H,9-12,15,31H2,(H2,32,39)(H,35,40)(H,36,41)(H,37,42)(H,43,44). The summed E-state index contributed by atoms with van der Waals surface area (Å²) in [5.41, 5.74) is 14.1. The molecule has 0 radical (unpaired) electrons. The monoisotopic (exact) mass is 605 g/mol. The smallest absolute Gasteiger partial charge is 0.328 e. The zero-order chi connectivity index (χ0) is 31.8. The molecule has 4 amide bonds. The molecule has 0 fully saturated rings. The van der Waals surface area contributed by atoms with Gasteiger partial charge in [0.15, 0.2) is 0 Å². The van der Waals surface area contributed by atoms with E-state index in [0.717, 1.165) is 21.8 Å². The Balaban J connectivity index is 1.62. The molecule has 0 spiro atoms. The molecule has 2 aromatic carbocycles. The molecule has 232 valence electrons. The summed E-state index contributed by atoms with van der Waals surface area (Å²) < 4.78 is 0. The maximum absolute atomic E-state index is 13.8. The van der Waals surface area contributed by atoms with Gasteiger partial charge >= 0.3 is 5.97 Å². The molecule has 44 heavy (non-hydrogen) atoms. The molecule has 0 saturated heterocycles. The third-order valence-corrected chi connectivity index (χ3v) is 7.30. The number of carboxylic acid groups (broad SMARTS) is 1. The Hall–Kier alpha value is -5.21. The lowest BCUT2D eigenvalue weighted by atomic mass is 10.0. The first-order valence-corrected chi connectivity index (χ1v) is 14.0. The molecule has 0 bridgehead atoms. The van der Waals surface area contributed by atoms with Crippen molar-refractivity contribution in [1.82, 2.24) is 25.9 Å². The minimum atomic E-state index is -1.60. The second kappa shape index (κ2) is 14.3. The lowest BCUT2D eigenvalue weighted by molar-refractivity contribution is -0.143. The van der Waals surface area contributed by atoms with Crippen LogP contribution in [0.1, 0.15) is 24.0 Å². The lowest BCUT2D eigenvalue weighted by Gasteiger charge is -2.25. The minimum absolute atomic E-state index is 0.0138. The van der Waals surface area contributed by atoms with Crippen molar-refractivity contribution < 1.29 is 34.2 Å². The Bertz CT molecular complexity index is 1660. The number of H-pyrrole nitrogens is 2. The van der Waals surface area contributed by atoms with Gasteiger partial charge in [-0.2, -0.15) is 0 Å². The van der Waals surface area contributed by atoms with Crippen LogP contribution in [0.3, 0.4) is 0 Å². The number of carbonyl (C=O) groups excluding carboxylic acids is 4. The number of aromatic amines is 2. The number of aliphatic hydroxyl groups excluding tert-OH is 1. The maximum atomic E-state index is 13.8. The topological polar surface area (TPSA) is 246 Å². The summed E-state index contributed by atoms with van der Waals surface area (Å²) in [6, 6.07) is 9.46. The highest BCUT2D eigenvalue weighted by molar-refractivity contribution is 5.95. The predicted octanol–water partition coefficient (Wildman–Crippen LogP) is -0.441. The van der Waals surface area contributed by atoms with Crippen LogP contribution in [0.15, 0.2) is 60.9 Å². The van der Waals surface area contributed by atoms with Crippen LogP contribution in [0, 0.1) is 0 Å². The van der Waals surface area contributed by atoms with Crippen molar-refractivity contribution in [3.8, 4) is 0 Å². The van der Waals surface area contributed by atoms with Crippen LogP contribution in [0.5, 0.6) is 0 Å². The van der Waals surface area contributed by atoms with Crippen LogP contribution >= 0.6 is 0 Å². The van der Waals surface area contributed by atoms with Gasteiger partial charge in [0.2, 0.25) is 23.6 Å². The Labute approximate surface area is 251 Å². The highest BCUT2D eigenvalue weighted by Crippen LogP contribution is 2.21. The number of primary amides is 1. The van der Waals surface area contributed by atoms with Gasteiger partial charge in [0.25, 0.3) is 0 Å². The molecule has 2 heterocycles. The number of aliphatic hydroxyl groups is 1. The third-order valence-electron chi connectivity index (χ3n) is 7.30. The van der Waals surface area contributed by atoms with Crippen LogP contribution in [0.25, 0.3) is 21.8 Å². The number of aliphatic carboxylic acids is 1. The zero-order valence-electron chi connectivity index (χ0n) is 23.7. The zero-order valence-corrected chi connectivity index (χ0v) is 23.7. The van der Waals surface area contributed by atoms with Crippen molar-refractivity contribution in [3.63, 3.8) is 0 Å². The van der Waals surface area contributed by atoms with Gasteiger partial charge in [0.05, 0.1) is 12.6 Å². The summed E-state index contributed by atoms with van der Waals surface area (Å²) in [4.78, 5) is 69.1. The fraction of sp³-hybridized carbons (Fsp3) is 0.300. The number of carbonyl (C=O) groups is 5. The van der Waals surface area contributed by atoms with E-state index in [9.17, 15) is 34.2 Å². The van der Waals surface area contributed by atoms with Crippen LogP contribution in [0.4, 0.5) is 0 Å². The Morgan fingerprint density at radius 1 is 0.727 bits per heavy atom. The number of benzene rings is 2. The number of aromatic nitrogens is 2. The van der Waals surface area contributed by atoms with E-state index in [-0.39, 0.29) is 25.7 Å². The molecule has 0 aliphatic rings. The fourth-order valence-corrected chi connectivity index (χ4v) is 4.90. The SMILES string of the molecule is NC(=O)CCC(N)C(=O)NC(Cc1c[nH]c2ccccc12)C(=O)NC(Cc1c[nH]c2ccccc12)C(=O)NC(CO)C(=O)O. The molecule has 0 saturated carbocycles. The normalized spacial score (nSPS) is 14.0. The molecule has 14 nitrogen and oxygen atoms in total. The molecule has 4 unspecified atom stereocenters. The van der Waals surface area contributed by atoms with Gasteiger partial charge in [-0.15, -0.1) is 0 Å². The summed E-state index contributed by atoms with van der Waals surface area (Å²) in [7, 11) is 0. The van der Waals surface area contributed by atoms with Gasteiger partial charge in [-0.05, 0) is 29.7 Å². The number of nitrogens with two attached hydrogens (primary N) is 2. The molecule has 11 N–H and O–H groups in total. The minimum Gasteiger partial charge on any atom is -0.480 e. The van der Waals surface area contributed by atoms with E-state index >= 15 is 0 Å². The summed E-state index contributed by atoms with van der Waals surface area (Å²) in [6.07, 6.45) is 3.20. The number of fused-ring (bicyclic) bond motifs is 2. The summed E-state index contributed by atoms with van der Waals surface area (Å²) >= 11 is 0. The predicted molar refractivity (Wildman–Crippen MR) is 161 cm³/mol. The van der Waals surface area contributed by atoms with Crippen molar-refractivity contribution in [2.75, 3.05) is 6.61 Å². The number of para-hydroxylation sites is 2. The van der Waals surface area contributed by atoms with Crippen LogP contribution in [-0.2, 0) is 36.8 Å². The largest absolute Gasteiger partial charge is 0.480 e. The first kappa shape index (κ1) is 31.7. The van der Waals surface area contributed by atoms with Crippen molar-refractivity contribution in [2.24, 2.45) is 11.5 Å². The summed E-state index contributed by atoms with van der Waals surface area (Å²) in [6.45, 7) is -0.864. The third kappa shape index (κ3) is 7.79. The molecule has 14 heteroatoms.